The van der Waals surface area contributed by atoms with E-state index in [1.54, 1.807) is 31.2 Å². The Hall–Kier alpha value is -3.99. The first-order chi connectivity index (χ1) is 19.2. The summed E-state index contributed by atoms with van der Waals surface area (Å²) in [5.41, 5.74) is 6.72. The van der Waals surface area contributed by atoms with Crippen LogP contribution in [0.4, 0.5) is 5.69 Å². The molecule has 4 rings (SSSR count). The first-order valence-corrected chi connectivity index (χ1v) is 14.1. The van der Waals surface area contributed by atoms with Gasteiger partial charge in [0, 0.05) is 16.4 Å². The molecular weight excluding hydrogens is 542 g/mol. The Balaban J connectivity index is 1.59. The largest absolute Gasteiger partial charge is 0.457 e. The third-order valence-electron chi connectivity index (χ3n) is 6.57. The van der Waals surface area contributed by atoms with Gasteiger partial charge in [0.25, 0.3) is 0 Å². The molecule has 1 aliphatic rings. The second-order valence-corrected chi connectivity index (χ2v) is 11.1. The summed E-state index contributed by atoms with van der Waals surface area (Å²) in [6.07, 6.45) is 0. The summed E-state index contributed by atoms with van der Waals surface area (Å²) in [6, 6.07) is 22.8. The van der Waals surface area contributed by atoms with Crippen LogP contribution in [0.1, 0.15) is 40.7 Å². The van der Waals surface area contributed by atoms with Gasteiger partial charge in [-0.3, -0.25) is 4.79 Å². The van der Waals surface area contributed by atoms with Crippen molar-refractivity contribution in [3.05, 3.63) is 121 Å². The molecule has 6 nitrogen and oxygen atoms in total. The van der Waals surface area contributed by atoms with E-state index in [1.165, 1.54) is 11.8 Å². The summed E-state index contributed by atoms with van der Waals surface area (Å²) >= 11 is 7.36. The lowest BCUT2D eigenvalue weighted by atomic mass is 9.82. The van der Waals surface area contributed by atoms with E-state index in [4.69, 9.17) is 16.3 Å². The maximum Gasteiger partial charge on any atom is 0.337 e. The molecule has 2 N–H and O–H groups in total. The van der Waals surface area contributed by atoms with Crippen LogP contribution >= 0.6 is 23.4 Å². The summed E-state index contributed by atoms with van der Waals surface area (Å²) in [5, 5.41) is 17.5. The Morgan fingerprint density at radius 3 is 2.30 bits per heavy atom. The molecule has 1 atom stereocenters. The highest BCUT2D eigenvalue weighted by Gasteiger charge is 2.35. The molecule has 0 fully saturated rings. The van der Waals surface area contributed by atoms with Gasteiger partial charge >= 0.3 is 5.97 Å². The number of halogens is 1. The zero-order chi connectivity index (χ0) is 28.8. The summed E-state index contributed by atoms with van der Waals surface area (Å²) in [6.45, 7) is 7.83. The lowest BCUT2D eigenvalue weighted by molar-refractivity contribution is -0.140. The van der Waals surface area contributed by atoms with Crippen LogP contribution in [0.5, 0.6) is 0 Å². The van der Waals surface area contributed by atoms with E-state index < -0.39 is 11.9 Å². The van der Waals surface area contributed by atoms with Gasteiger partial charge in [-0.1, -0.05) is 83.5 Å². The zero-order valence-electron chi connectivity index (χ0n) is 22.8. The minimum Gasteiger partial charge on any atom is -0.457 e. The number of hydrogen-bond acceptors (Lipinski definition) is 6. The molecule has 1 heterocycles. The van der Waals surface area contributed by atoms with E-state index in [1.807, 2.05) is 63.2 Å². The quantitative estimate of drug-likeness (QED) is 0.281. The molecule has 204 valence electrons. The summed E-state index contributed by atoms with van der Waals surface area (Å²) < 4.78 is 5.67. The SMILES string of the molecule is CC1=C(C(=O)OCc2ccccc2)[C@H](c2ccc(Cl)cc2)C(C#N)=C(SCC(=O)Nc2c(C)cc(C)cc2C)N1. The molecule has 1 amide bonds. The number of carbonyl (C=O) groups is 2. The van der Waals surface area contributed by atoms with Crippen molar-refractivity contribution in [1.29, 1.82) is 5.26 Å². The lowest BCUT2D eigenvalue weighted by Gasteiger charge is -2.29. The Bertz CT molecular complexity index is 1520. The second kappa shape index (κ2) is 12.9. The van der Waals surface area contributed by atoms with Crippen LogP contribution in [0.3, 0.4) is 0 Å². The average molecular weight is 572 g/mol. The maximum atomic E-state index is 13.4. The number of carbonyl (C=O) groups excluding carboxylic acids is 2. The van der Waals surface area contributed by atoms with Gasteiger partial charge in [-0.2, -0.15) is 5.26 Å². The van der Waals surface area contributed by atoms with Gasteiger partial charge in [-0.15, -0.1) is 0 Å². The molecule has 0 unspecified atom stereocenters. The van der Waals surface area contributed by atoms with Gasteiger partial charge in [0.15, 0.2) is 0 Å². The number of hydrogen-bond donors (Lipinski definition) is 2. The van der Waals surface area contributed by atoms with Crippen molar-refractivity contribution in [2.45, 2.75) is 40.2 Å². The number of rotatable bonds is 8. The van der Waals surface area contributed by atoms with Crippen LogP contribution in [0.2, 0.25) is 5.02 Å². The smallest absolute Gasteiger partial charge is 0.337 e. The molecule has 8 heteroatoms. The molecule has 3 aromatic rings. The van der Waals surface area contributed by atoms with E-state index in [0.717, 1.165) is 33.5 Å². The number of esters is 1. The van der Waals surface area contributed by atoms with Crippen LogP contribution < -0.4 is 10.6 Å². The molecule has 1 aliphatic heterocycles. The summed E-state index contributed by atoms with van der Waals surface area (Å²) in [7, 11) is 0. The summed E-state index contributed by atoms with van der Waals surface area (Å²) in [4.78, 5) is 26.3. The minimum absolute atomic E-state index is 0.0781. The number of nitrogens with one attached hydrogen (secondary N) is 2. The molecule has 0 radical (unpaired) electrons. The van der Waals surface area contributed by atoms with Gasteiger partial charge in [0.2, 0.25) is 5.91 Å². The fourth-order valence-electron chi connectivity index (χ4n) is 4.78. The predicted molar refractivity (Wildman–Crippen MR) is 161 cm³/mol. The average Bonchev–Trinajstić information content (AvgIpc) is 2.93. The van der Waals surface area contributed by atoms with E-state index in [2.05, 4.69) is 16.7 Å². The van der Waals surface area contributed by atoms with Crippen molar-refractivity contribution >= 4 is 40.9 Å². The van der Waals surface area contributed by atoms with Gasteiger partial charge in [0.05, 0.1) is 33.9 Å². The Kier molecular flexibility index (Phi) is 9.36. The van der Waals surface area contributed by atoms with E-state index >= 15 is 0 Å². The van der Waals surface area contributed by atoms with Crippen LogP contribution in [-0.2, 0) is 20.9 Å². The van der Waals surface area contributed by atoms with E-state index in [-0.39, 0.29) is 18.3 Å². The first kappa shape index (κ1) is 29.0. The first-order valence-electron chi connectivity index (χ1n) is 12.8. The number of amides is 1. The van der Waals surface area contributed by atoms with Crippen LogP contribution in [0.25, 0.3) is 0 Å². The zero-order valence-corrected chi connectivity index (χ0v) is 24.4. The molecule has 0 aliphatic carbocycles. The van der Waals surface area contributed by atoms with Gasteiger partial charge in [-0.05, 0) is 62.1 Å². The van der Waals surface area contributed by atoms with Crippen molar-refractivity contribution < 1.29 is 14.3 Å². The van der Waals surface area contributed by atoms with E-state index in [9.17, 15) is 14.9 Å². The predicted octanol–water partition coefficient (Wildman–Crippen LogP) is 7.08. The third kappa shape index (κ3) is 6.77. The van der Waals surface area contributed by atoms with Crippen molar-refractivity contribution in [3.8, 4) is 6.07 Å². The highest BCUT2D eigenvalue weighted by Crippen LogP contribution is 2.41. The Morgan fingerprint density at radius 1 is 1.02 bits per heavy atom. The number of benzene rings is 3. The number of aryl methyl sites for hydroxylation is 3. The number of nitriles is 1. The minimum atomic E-state index is -0.682. The third-order valence-corrected chi connectivity index (χ3v) is 7.84. The lowest BCUT2D eigenvalue weighted by Crippen LogP contribution is -2.29. The van der Waals surface area contributed by atoms with Gasteiger partial charge < -0.3 is 15.4 Å². The number of nitrogens with zero attached hydrogens (tertiary/aromatic N) is 1. The molecule has 3 aromatic carbocycles. The number of allylic oxidation sites excluding steroid dienone is 2. The number of ether oxygens (including phenoxy) is 1. The van der Waals surface area contributed by atoms with Crippen molar-refractivity contribution in [1.82, 2.24) is 5.32 Å². The van der Waals surface area contributed by atoms with Gasteiger partial charge in [-0.25, -0.2) is 4.79 Å². The fourth-order valence-corrected chi connectivity index (χ4v) is 5.79. The number of anilines is 1. The molecule has 0 bridgehead atoms. The highest BCUT2D eigenvalue weighted by molar-refractivity contribution is 8.03. The topological polar surface area (TPSA) is 91.2 Å². The number of thioether (sulfide) groups is 1. The van der Waals surface area contributed by atoms with Crippen LogP contribution in [-0.4, -0.2) is 17.6 Å². The highest BCUT2D eigenvalue weighted by atomic mass is 35.5. The maximum absolute atomic E-state index is 13.4. The van der Waals surface area contributed by atoms with Crippen molar-refractivity contribution in [2.24, 2.45) is 0 Å². The molecule has 0 spiro atoms. The monoisotopic (exact) mass is 571 g/mol. The van der Waals surface area contributed by atoms with Crippen molar-refractivity contribution in [3.63, 3.8) is 0 Å². The molecular formula is C32H30ClN3O3S. The summed E-state index contributed by atoms with van der Waals surface area (Å²) in [5.74, 6) is -1.31. The van der Waals surface area contributed by atoms with Crippen LogP contribution in [0.15, 0.2) is 88.6 Å². The Labute approximate surface area is 244 Å². The van der Waals surface area contributed by atoms with Gasteiger partial charge in [0.1, 0.15) is 6.61 Å². The normalized spacial score (nSPS) is 14.8. The van der Waals surface area contributed by atoms with E-state index in [0.29, 0.717) is 26.9 Å². The Morgan fingerprint density at radius 2 is 1.68 bits per heavy atom. The molecule has 40 heavy (non-hydrogen) atoms. The second-order valence-electron chi connectivity index (χ2n) is 9.68. The molecule has 0 saturated carbocycles. The molecule has 0 aromatic heterocycles. The standard InChI is InChI=1S/C32H30ClN3O3S/c1-19-14-20(2)30(21(3)15-19)36-27(37)18-40-31-26(16-34)29(24-10-12-25(33)13-11-24)28(22(4)35-31)32(38)39-17-23-8-6-5-7-9-23/h5-15,29,35H,17-18H2,1-4H3,(H,36,37)/t29-/m1/s1. The molecule has 0 saturated heterocycles. The fraction of sp³-hybridized carbons (Fsp3) is 0.219. The number of dihydropyridines is 1. The van der Waals surface area contributed by atoms with Crippen LogP contribution in [0, 0.1) is 32.1 Å². The van der Waals surface area contributed by atoms with Crippen molar-refractivity contribution in [2.75, 3.05) is 11.1 Å².